The van der Waals surface area contributed by atoms with Crippen LogP contribution in [-0.2, 0) is 80.0 Å². The summed E-state index contributed by atoms with van der Waals surface area (Å²) in [6.07, 6.45) is 8.94. The third kappa shape index (κ3) is 34.9. The molecule has 0 unspecified atom stereocenters. The van der Waals surface area contributed by atoms with Gasteiger partial charge in [0.15, 0.2) is 0 Å². The van der Waals surface area contributed by atoms with E-state index in [-0.39, 0.29) is 161 Å². The van der Waals surface area contributed by atoms with Crippen molar-refractivity contribution in [2.24, 2.45) is 23.3 Å². The molecule has 7 atom stereocenters. The van der Waals surface area contributed by atoms with Crippen molar-refractivity contribution < 1.29 is 82.4 Å². The van der Waals surface area contributed by atoms with Gasteiger partial charge in [0.2, 0.25) is 65.0 Å². The molecule has 1 aromatic carbocycles. The number of nitrogens with one attached hydrogen (secondary N) is 11. The zero-order valence-electron chi connectivity index (χ0n) is 60.3. The fourth-order valence-electron chi connectivity index (χ4n) is 11.3. The molecule has 1 fully saturated rings. The number of aromatic nitrogens is 3. The van der Waals surface area contributed by atoms with E-state index in [0.717, 1.165) is 10.9 Å². The van der Waals surface area contributed by atoms with Gasteiger partial charge in [-0.3, -0.25) is 86.7 Å². The molecule has 0 spiro atoms. The fraction of sp³-hybridized carbons (Fsp3) is 0.627. The van der Waals surface area contributed by atoms with Gasteiger partial charge < -0.3 is 84.6 Å². The van der Waals surface area contributed by atoms with Crippen LogP contribution in [0.25, 0.3) is 10.9 Å². The number of carboxylic acids is 3. The van der Waals surface area contributed by atoms with Crippen LogP contribution in [0.1, 0.15) is 110 Å². The van der Waals surface area contributed by atoms with Crippen LogP contribution in [0.15, 0.2) is 43.0 Å². The van der Waals surface area contributed by atoms with Crippen molar-refractivity contribution in [2.45, 2.75) is 154 Å². The van der Waals surface area contributed by atoms with Gasteiger partial charge in [0.05, 0.1) is 39.1 Å². The smallest absolute Gasteiger partial charge is 0.317 e. The van der Waals surface area contributed by atoms with Gasteiger partial charge in [-0.1, -0.05) is 65.2 Å². The van der Waals surface area contributed by atoms with Crippen molar-refractivity contribution in [2.75, 3.05) is 104 Å². The number of H-pyrrole nitrogens is 2. The Hall–Kier alpha value is -8.39. The number of para-hydroxylation sites is 1. The van der Waals surface area contributed by atoms with E-state index in [1.165, 1.54) is 31.2 Å². The maximum Gasteiger partial charge on any atom is 0.317 e. The Morgan fingerprint density at radius 3 is 1.61 bits per heavy atom. The zero-order chi connectivity index (χ0) is 76.1. The Morgan fingerprint density at radius 2 is 1.06 bits per heavy atom. The van der Waals surface area contributed by atoms with E-state index in [1.807, 2.05) is 31.1 Å². The third-order valence-corrected chi connectivity index (χ3v) is 17.6. The monoisotopic (exact) mass is 1580 g/mol. The Labute approximate surface area is 628 Å². The Balaban J connectivity index is 0.0000281. The minimum Gasteiger partial charge on any atom is -0.480 e. The number of thioether (sulfide) groups is 1. The van der Waals surface area contributed by atoms with Gasteiger partial charge in [-0.05, 0) is 74.5 Å². The summed E-state index contributed by atoms with van der Waals surface area (Å²) in [6, 6.07) is -1.55. The molecule has 104 heavy (non-hydrogen) atoms. The number of imidazole rings is 1. The first-order valence-corrected chi connectivity index (χ1v) is 36.1. The van der Waals surface area contributed by atoms with E-state index in [1.54, 1.807) is 52.9 Å². The Morgan fingerprint density at radius 1 is 0.538 bits per heavy atom. The number of fused-ring (bicyclic) bond motifs is 1. The fourth-order valence-corrected chi connectivity index (χ4v) is 11.8. The number of benzene rings is 1. The van der Waals surface area contributed by atoms with Crippen molar-refractivity contribution in [1.82, 2.24) is 82.4 Å². The second-order valence-corrected chi connectivity index (χ2v) is 27.4. The molecule has 3 radical (unpaired) electrons. The molecule has 18 N–H and O–H groups in total. The van der Waals surface area contributed by atoms with E-state index in [0.29, 0.717) is 55.7 Å². The molecule has 0 aliphatic carbocycles. The molecule has 0 bridgehead atoms. The number of amides is 11. The number of rotatable bonds is 45. The zero-order valence-corrected chi connectivity index (χ0v) is 64.4. The van der Waals surface area contributed by atoms with Crippen LogP contribution in [0.2, 0.25) is 0 Å². The average molecular weight is 1580 g/mol. The molecule has 4 rings (SSSR count). The van der Waals surface area contributed by atoms with E-state index in [4.69, 9.17) is 11.5 Å². The first-order valence-electron chi connectivity index (χ1n) is 34.7. The summed E-state index contributed by atoms with van der Waals surface area (Å²) in [5.74, 6) is -11.1. The van der Waals surface area contributed by atoms with Gasteiger partial charge in [-0.2, -0.15) is 11.8 Å². The summed E-state index contributed by atoms with van der Waals surface area (Å²) in [5.41, 5.74) is 12.8. The molecule has 0 saturated carbocycles. The minimum absolute atomic E-state index is 0. The number of aromatic amines is 2. The molecule has 3 aromatic rings. The van der Waals surface area contributed by atoms with Crippen LogP contribution in [0.4, 0.5) is 0 Å². The number of hydrogen-bond donors (Lipinski definition) is 16. The molecule has 2 aromatic heterocycles. The first kappa shape index (κ1) is 89.8. The quantitative estimate of drug-likeness (QED) is 0.0250. The maximum absolute atomic E-state index is 14.4. The summed E-state index contributed by atoms with van der Waals surface area (Å²) in [7, 11) is 0. The van der Waals surface area contributed by atoms with Gasteiger partial charge in [-0.15, -0.1) is 0 Å². The van der Waals surface area contributed by atoms with Crippen molar-refractivity contribution >= 4 is 131 Å². The SMILES string of the molecule is CSCC[C@H](NC(=O)[C@H](CC(C)C)NC(=O)[C@H](Cc1cnc[nH]1)NC(=O)CNC(=O)[C@@H](NC(=O)[C@H](C)NC(=O)[C@H](Cc1c[nH]c2ccccc12)NC(=O)[C@H](CCC(N)=O)NC(=O)CCCCCCCNC(=O)CN1CCN(CC(=O)O)CCN(CC(=O)O)CCN(CC(=O)O)CC1)C(C)C)C(N)=O.[111In]. The Kier molecular flexibility index (Phi) is 41.3. The second-order valence-electron chi connectivity index (χ2n) is 26.4. The number of unbranched alkanes of at least 4 members (excludes halogenated alkanes) is 4. The van der Waals surface area contributed by atoms with Crippen molar-refractivity contribution in [3.63, 3.8) is 0 Å². The van der Waals surface area contributed by atoms with E-state index >= 15 is 0 Å². The van der Waals surface area contributed by atoms with E-state index in [2.05, 4.69) is 62.8 Å². The summed E-state index contributed by atoms with van der Waals surface area (Å²) in [5, 5.41) is 53.2. The van der Waals surface area contributed by atoms with Crippen LogP contribution in [-0.4, -0.2) is 305 Å². The number of carbonyl (C=O) groups excluding carboxylic acids is 11. The maximum atomic E-state index is 14.4. The van der Waals surface area contributed by atoms with Gasteiger partial charge in [0.1, 0.15) is 42.3 Å². The number of carbonyl (C=O) groups is 14. The molecule has 575 valence electrons. The first-order chi connectivity index (χ1) is 48.9. The molecule has 35 nitrogen and oxygen atoms in total. The molecule has 11 amide bonds. The van der Waals surface area contributed by atoms with Crippen molar-refractivity contribution in [1.29, 1.82) is 0 Å². The molecule has 1 aliphatic heterocycles. The number of nitrogens with zero attached hydrogens (tertiary/aromatic N) is 5. The van der Waals surface area contributed by atoms with E-state index < -0.39 is 132 Å². The molecule has 37 heteroatoms. The number of carboxylic acid groups (broad SMARTS) is 3. The predicted octanol–water partition coefficient (Wildman–Crippen LogP) is -3.04. The minimum atomic E-state index is -1.39. The van der Waals surface area contributed by atoms with Gasteiger partial charge in [0.25, 0.3) is 0 Å². The Bertz CT molecular complexity index is 3280. The van der Waals surface area contributed by atoms with Crippen LogP contribution in [0, 0.1) is 11.8 Å². The standard InChI is InChI=1S/C67H106N18O17S.In/c1-41(2)30-50(65(100)78-48(61(69)96)19-29-103-6)79-66(101)52(32-45-34-70-40-74-45)77-55(88)35-73-67(102)60(42(3)4)81-62(97)43(5)75-64(99)51(31-44-33-72-47-15-12-11-14-46(44)47)80-63(98)49(17-18-53(68)86)76-54(87)16-10-8-7-9-13-20-71-56(89)36-82-21-23-83(37-57(90)91)25-27-85(39-59(94)95)28-26-84(24-22-82)38-58(92)93;/h11-12,14-15,33-34,40-43,48-52,60,72H,7-10,13,16-32,35-39H2,1-6H3,(H2,68,86)(H2,69,96)(H,70,74)(H,71,89)(H,73,102)(H,75,99)(H,76,87)(H,77,88)(H,78,100)(H,79,101)(H,80,98)(H,81,97)(H,90,91)(H,92,93)(H,94,95);/t43-,48-,49-,50-,51-,52-,60-;/m0./s1/i;1-4. The van der Waals surface area contributed by atoms with Crippen LogP contribution in [0.5, 0.6) is 0 Å². The summed E-state index contributed by atoms with van der Waals surface area (Å²) in [4.78, 5) is 200. The molecular weight excluding hydrogens is 1470 g/mol. The van der Waals surface area contributed by atoms with Gasteiger partial charge >= 0.3 is 17.9 Å². The summed E-state index contributed by atoms with van der Waals surface area (Å²) < 4.78 is 0. The predicted molar refractivity (Wildman–Crippen MR) is 387 cm³/mol. The average Bonchev–Trinajstić information content (AvgIpc) is 1.67. The van der Waals surface area contributed by atoms with Gasteiger partial charge in [0, 0.05) is 139 Å². The topological polar surface area (TPSA) is 517 Å². The van der Waals surface area contributed by atoms with Crippen LogP contribution >= 0.6 is 11.8 Å². The van der Waals surface area contributed by atoms with Crippen molar-refractivity contribution in [3.05, 3.63) is 54.2 Å². The molecule has 3 heterocycles. The van der Waals surface area contributed by atoms with Gasteiger partial charge in [-0.25, -0.2) is 4.98 Å². The third-order valence-electron chi connectivity index (χ3n) is 17.0. The van der Waals surface area contributed by atoms with Crippen LogP contribution < -0.4 is 59.3 Å². The normalized spacial score (nSPS) is 15.5. The molecular formula is C67H106InN18O17S. The van der Waals surface area contributed by atoms with Crippen LogP contribution in [0.3, 0.4) is 0 Å². The second kappa shape index (κ2) is 47.9. The number of hydrogen-bond acceptors (Lipinski definition) is 20. The number of aliphatic carboxylic acids is 3. The summed E-state index contributed by atoms with van der Waals surface area (Å²) >= 11 is 1.46. The largest absolute Gasteiger partial charge is 0.480 e. The van der Waals surface area contributed by atoms with E-state index in [9.17, 15) is 82.4 Å². The number of nitrogens with two attached hydrogens (primary N) is 2. The number of primary amides is 2. The van der Waals surface area contributed by atoms with Crippen molar-refractivity contribution in [3.8, 4) is 0 Å². The molecule has 1 saturated heterocycles. The summed E-state index contributed by atoms with van der Waals surface area (Å²) in [6.45, 7) is 9.09. The molecule has 1 aliphatic rings.